The van der Waals surface area contributed by atoms with Gasteiger partial charge in [0, 0.05) is 0 Å². The molecular formula is C29H38F4O2Si2. The van der Waals surface area contributed by atoms with Gasteiger partial charge in [-0.3, -0.25) is 4.79 Å². The molecule has 0 aliphatic heterocycles. The zero-order valence-corrected chi connectivity index (χ0v) is 24.5. The van der Waals surface area contributed by atoms with Crippen molar-refractivity contribution < 1.29 is 26.8 Å². The number of halogens is 4. The van der Waals surface area contributed by atoms with Crippen molar-refractivity contribution in [2.24, 2.45) is 0 Å². The largest absolute Gasteiger partial charge is 0.543 e. The molecule has 0 saturated carbocycles. The lowest BCUT2D eigenvalue weighted by Crippen LogP contribution is -2.49. The molecule has 2 nitrogen and oxygen atoms in total. The molecule has 2 rings (SSSR count). The zero-order valence-electron chi connectivity index (χ0n) is 22.5. The number of carbonyl (C=O) groups is 1. The minimum Gasteiger partial charge on any atom is -0.543 e. The number of alkyl halides is 4. The van der Waals surface area contributed by atoms with Crippen LogP contribution in [-0.4, -0.2) is 33.6 Å². The Bertz CT molecular complexity index is 1060. The maximum Gasteiger partial charge on any atom is 0.312 e. The molecule has 0 amide bonds. The summed E-state index contributed by atoms with van der Waals surface area (Å²) in [5, 5.41) is -0.927. The second-order valence-electron chi connectivity index (χ2n) is 10.7. The van der Waals surface area contributed by atoms with E-state index in [9.17, 15) is 22.4 Å². The van der Waals surface area contributed by atoms with Crippen LogP contribution < -0.4 is 0 Å². The van der Waals surface area contributed by atoms with Gasteiger partial charge in [0.1, 0.15) is 13.8 Å². The van der Waals surface area contributed by atoms with Crippen molar-refractivity contribution in [2.75, 3.05) is 0 Å². The summed E-state index contributed by atoms with van der Waals surface area (Å²) in [5.74, 6) is -9.40. The summed E-state index contributed by atoms with van der Waals surface area (Å²) in [6.45, 7) is 20.8. The van der Waals surface area contributed by atoms with Crippen molar-refractivity contribution in [3.05, 3.63) is 109 Å². The molecule has 0 radical (unpaired) electrons. The smallest absolute Gasteiger partial charge is 0.312 e. The first kappa shape index (κ1) is 32.3. The second kappa shape index (κ2) is 12.7. The van der Waals surface area contributed by atoms with Crippen molar-refractivity contribution in [2.45, 2.75) is 63.0 Å². The fourth-order valence-corrected chi connectivity index (χ4v) is 5.59. The second-order valence-corrected chi connectivity index (χ2v) is 20.1. The van der Waals surface area contributed by atoms with Crippen LogP contribution in [0.5, 0.6) is 0 Å². The summed E-state index contributed by atoms with van der Waals surface area (Å²) in [6, 6.07) is 16.9. The molecule has 202 valence electrons. The Hall–Kier alpha value is -2.72. The molecule has 0 aliphatic carbocycles. The molecule has 0 fully saturated rings. The van der Waals surface area contributed by atoms with Crippen molar-refractivity contribution >= 4 is 21.8 Å². The van der Waals surface area contributed by atoms with E-state index in [0.29, 0.717) is 11.1 Å². The van der Waals surface area contributed by atoms with E-state index in [1.807, 2.05) is 19.6 Å². The first-order valence-corrected chi connectivity index (χ1v) is 18.8. The third-order valence-corrected chi connectivity index (χ3v) is 7.91. The first-order valence-electron chi connectivity index (χ1n) is 11.9. The Morgan fingerprint density at radius 1 is 0.757 bits per heavy atom. The van der Waals surface area contributed by atoms with Crippen LogP contribution in [0.2, 0.25) is 39.3 Å². The van der Waals surface area contributed by atoms with Crippen molar-refractivity contribution in [3.8, 4) is 0 Å². The predicted molar refractivity (Wildman–Crippen MR) is 151 cm³/mol. The SMILES string of the molecule is C=CC(c1ccccc1)C(F)(F)C(=C)O[Si](C)(C)C.C=CC(c1ccccc1)C(F)(F)C(=O)[Si](C)(C)C. The zero-order chi connectivity index (χ0) is 28.7. The van der Waals surface area contributed by atoms with Crippen LogP contribution in [0.15, 0.2) is 98.3 Å². The third kappa shape index (κ3) is 8.96. The number of hydrogen-bond donors (Lipinski definition) is 0. The Morgan fingerprint density at radius 3 is 1.41 bits per heavy atom. The van der Waals surface area contributed by atoms with Crippen molar-refractivity contribution in [1.82, 2.24) is 0 Å². The lowest BCUT2D eigenvalue weighted by molar-refractivity contribution is -0.136. The molecule has 37 heavy (non-hydrogen) atoms. The molecule has 0 bridgehead atoms. The van der Waals surface area contributed by atoms with E-state index in [4.69, 9.17) is 4.43 Å². The molecular weight excluding hydrogens is 512 g/mol. The fraction of sp³-hybridized carbons (Fsp3) is 0.345. The topological polar surface area (TPSA) is 26.3 Å². The molecule has 0 aromatic heterocycles. The summed E-state index contributed by atoms with van der Waals surface area (Å²) in [6.07, 6.45) is 2.40. The number of rotatable bonds is 11. The highest BCUT2D eigenvalue weighted by Gasteiger charge is 2.51. The maximum atomic E-state index is 14.4. The normalized spacial score (nSPS) is 13.9. The molecule has 0 aliphatic rings. The molecule has 2 aromatic carbocycles. The van der Waals surface area contributed by atoms with Crippen LogP contribution in [0.3, 0.4) is 0 Å². The van der Waals surface area contributed by atoms with E-state index in [1.54, 1.807) is 80.3 Å². The number of hydrogen-bond acceptors (Lipinski definition) is 2. The van der Waals surface area contributed by atoms with Gasteiger partial charge in [-0.2, -0.15) is 17.6 Å². The quantitative estimate of drug-likeness (QED) is 0.121. The highest BCUT2D eigenvalue weighted by Crippen LogP contribution is 2.41. The average Bonchev–Trinajstić information content (AvgIpc) is 2.79. The summed E-state index contributed by atoms with van der Waals surface area (Å²) in [5.41, 5.74) is 0.923. The molecule has 2 atom stereocenters. The van der Waals surface area contributed by atoms with Gasteiger partial charge in [-0.1, -0.05) is 99.0 Å². The van der Waals surface area contributed by atoms with Crippen LogP contribution >= 0.6 is 0 Å². The summed E-state index contributed by atoms with van der Waals surface area (Å²) >= 11 is 0. The van der Waals surface area contributed by atoms with E-state index in [1.165, 1.54) is 6.08 Å². The van der Waals surface area contributed by atoms with Gasteiger partial charge >= 0.3 is 11.8 Å². The van der Waals surface area contributed by atoms with Crippen LogP contribution in [0.25, 0.3) is 0 Å². The maximum absolute atomic E-state index is 14.4. The fourth-order valence-electron chi connectivity index (χ4n) is 3.56. The van der Waals surface area contributed by atoms with Gasteiger partial charge in [0.15, 0.2) is 5.41 Å². The molecule has 0 N–H and O–H groups in total. The van der Waals surface area contributed by atoms with Crippen LogP contribution in [-0.2, 0) is 9.22 Å². The molecule has 0 spiro atoms. The standard InChI is InChI=1S/C15H20F2OSi.C14H18F2OSi/c1-6-14(13-10-8-7-9-11-13)15(16,17)12(2)18-19(3,4)5;1-5-12(11-9-7-6-8-10-11)14(15,16)13(17)18(2,3)4/h6-11,14H,1-2H2,3-5H3;5-10,12H,1H2,2-4H3. The van der Waals surface area contributed by atoms with E-state index in [-0.39, 0.29) is 0 Å². The summed E-state index contributed by atoms with van der Waals surface area (Å²) in [4.78, 5) is 11.9. The van der Waals surface area contributed by atoms with E-state index < -0.39 is 51.2 Å². The predicted octanol–water partition coefficient (Wildman–Crippen LogP) is 8.99. The highest BCUT2D eigenvalue weighted by atomic mass is 28.4. The molecule has 2 aromatic rings. The Labute approximate surface area is 220 Å². The third-order valence-electron chi connectivity index (χ3n) is 5.36. The summed E-state index contributed by atoms with van der Waals surface area (Å²) in [7, 11) is -4.65. The van der Waals surface area contributed by atoms with Gasteiger partial charge in [0.2, 0.25) is 8.32 Å². The number of allylic oxidation sites excluding steroid dienone is 3. The van der Waals surface area contributed by atoms with Crippen molar-refractivity contribution in [1.29, 1.82) is 0 Å². The van der Waals surface area contributed by atoms with Gasteiger partial charge in [-0.25, -0.2) is 0 Å². The Kier molecular flexibility index (Phi) is 11.1. The lowest BCUT2D eigenvalue weighted by Gasteiger charge is -2.30. The average molecular weight is 551 g/mol. The molecule has 8 heteroatoms. The van der Waals surface area contributed by atoms with Gasteiger partial charge < -0.3 is 4.43 Å². The first-order chi connectivity index (χ1) is 16.9. The van der Waals surface area contributed by atoms with Crippen molar-refractivity contribution in [3.63, 3.8) is 0 Å². The van der Waals surface area contributed by atoms with Gasteiger partial charge in [0.05, 0.1) is 11.8 Å². The minimum absolute atomic E-state index is 0.420. The van der Waals surface area contributed by atoms with E-state index >= 15 is 0 Å². The Morgan fingerprint density at radius 2 is 1.11 bits per heavy atom. The minimum atomic E-state index is -3.38. The lowest BCUT2D eigenvalue weighted by atomic mass is 9.92. The monoisotopic (exact) mass is 550 g/mol. The summed E-state index contributed by atoms with van der Waals surface area (Å²) < 4.78 is 62.8. The molecule has 2 unspecified atom stereocenters. The van der Waals surface area contributed by atoms with Crippen LogP contribution in [0, 0.1) is 0 Å². The van der Waals surface area contributed by atoms with Crippen LogP contribution in [0.1, 0.15) is 23.0 Å². The van der Waals surface area contributed by atoms with Gasteiger partial charge in [-0.15, -0.1) is 13.2 Å². The Balaban J connectivity index is 0.000000371. The molecule has 0 heterocycles. The number of carbonyl (C=O) groups excluding carboxylic acids is 1. The van der Waals surface area contributed by atoms with Gasteiger partial charge in [-0.05, 0) is 30.8 Å². The van der Waals surface area contributed by atoms with Crippen LogP contribution in [0.4, 0.5) is 17.6 Å². The molecule has 0 saturated heterocycles. The van der Waals surface area contributed by atoms with E-state index in [2.05, 4.69) is 19.7 Å². The van der Waals surface area contributed by atoms with E-state index in [0.717, 1.165) is 6.08 Å². The van der Waals surface area contributed by atoms with Gasteiger partial charge in [0.25, 0.3) is 0 Å². The highest BCUT2D eigenvalue weighted by molar-refractivity contribution is 7.04. The number of benzene rings is 2.